The van der Waals surface area contributed by atoms with Gasteiger partial charge in [0.05, 0.1) is 12.8 Å². The summed E-state index contributed by atoms with van der Waals surface area (Å²) in [6.45, 7) is 3.13. The number of carbonyl (C=O) groups is 1. The summed E-state index contributed by atoms with van der Waals surface area (Å²) in [6, 6.07) is 0.549. The molecule has 0 bridgehead atoms. The number of aliphatic hydroxyl groups excluding tert-OH is 1. The van der Waals surface area contributed by atoms with Gasteiger partial charge in [-0.3, -0.25) is 9.36 Å². The van der Waals surface area contributed by atoms with Crippen molar-refractivity contribution in [2.24, 2.45) is 0 Å². The Morgan fingerprint density at radius 3 is 2.54 bits per heavy atom. The monoisotopic (exact) mass is 548 g/mol. The van der Waals surface area contributed by atoms with Gasteiger partial charge in [-0.05, 0) is 32.4 Å². The third kappa shape index (κ3) is 5.51. The molecule has 3 aromatic rings. The van der Waals surface area contributed by atoms with Gasteiger partial charge in [0.1, 0.15) is 17.2 Å². The van der Waals surface area contributed by atoms with E-state index < -0.39 is 53.6 Å². The summed E-state index contributed by atoms with van der Waals surface area (Å²) in [5.74, 6) is -4.36. The zero-order valence-corrected chi connectivity index (χ0v) is 20.6. The number of hydrogen-bond acceptors (Lipinski definition) is 8. The first-order chi connectivity index (χ1) is 17.3. The van der Waals surface area contributed by atoms with Crippen LogP contribution in [0.3, 0.4) is 0 Å². The second-order valence-electron chi connectivity index (χ2n) is 7.55. The molecule has 3 aromatic heterocycles. The molecule has 16 heteroatoms. The van der Waals surface area contributed by atoms with Gasteiger partial charge in [0.15, 0.2) is 23.6 Å². The van der Waals surface area contributed by atoms with Crippen LogP contribution in [-0.4, -0.2) is 54.7 Å². The van der Waals surface area contributed by atoms with E-state index in [9.17, 15) is 27.9 Å². The van der Waals surface area contributed by atoms with E-state index in [0.29, 0.717) is 23.2 Å². The van der Waals surface area contributed by atoms with Crippen molar-refractivity contribution in [2.45, 2.75) is 46.2 Å². The fraction of sp³-hybridized carbons (Fsp3) is 0.381. The minimum Gasteiger partial charge on any atom is -0.480 e. The fourth-order valence-corrected chi connectivity index (χ4v) is 3.46. The summed E-state index contributed by atoms with van der Waals surface area (Å²) >= 11 is 6.19. The van der Waals surface area contributed by atoms with Crippen LogP contribution in [0.4, 0.5) is 23.2 Å². The van der Waals surface area contributed by atoms with Crippen molar-refractivity contribution in [3.8, 4) is 17.6 Å². The smallest absolute Gasteiger partial charge is 0.425 e. The minimum atomic E-state index is -4.87. The van der Waals surface area contributed by atoms with Crippen molar-refractivity contribution in [2.75, 3.05) is 12.4 Å². The van der Waals surface area contributed by atoms with Crippen molar-refractivity contribution < 1.29 is 36.9 Å². The summed E-state index contributed by atoms with van der Waals surface area (Å²) in [5.41, 5.74) is -1.28. The number of methoxy groups -OCH3 is 1. The molecule has 3 rings (SSSR count). The van der Waals surface area contributed by atoms with E-state index >= 15 is 4.39 Å². The third-order valence-electron chi connectivity index (χ3n) is 5.12. The van der Waals surface area contributed by atoms with Crippen molar-refractivity contribution in [3.05, 3.63) is 50.5 Å². The summed E-state index contributed by atoms with van der Waals surface area (Å²) < 4.78 is 66.2. The molecule has 0 spiro atoms. The van der Waals surface area contributed by atoms with Gasteiger partial charge in [-0.2, -0.15) is 22.8 Å². The van der Waals surface area contributed by atoms with Crippen molar-refractivity contribution in [1.29, 1.82) is 0 Å². The highest BCUT2D eigenvalue weighted by Crippen LogP contribution is 2.34. The molecule has 0 aromatic carbocycles. The van der Waals surface area contributed by atoms with Gasteiger partial charge >= 0.3 is 11.9 Å². The number of aryl methyl sites for hydroxylation is 1. The number of hydrogen-bond donors (Lipinski definition) is 2. The quantitative estimate of drug-likeness (QED) is 0.410. The van der Waals surface area contributed by atoms with E-state index in [0.717, 1.165) is 4.57 Å². The van der Waals surface area contributed by atoms with E-state index in [2.05, 4.69) is 20.4 Å². The molecule has 3 heterocycles. The van der Waals surface area contributed by atoms with Gasteiger partial charge < -0.3 is 19.9 Å². The highest BCUT2D eigenvalue weighted by Gasteiger charge is 2.39. The summed E-state index contributed by atoms with van der Waals surface area (Å²) in [5, 5.41) is 15.5. The van der Waals surface area contributed by atoms with Gasteiger partial charge in [-0.15, -0.1) is 5.10 Å². The first kappa shape index (κ1) is 27.9. The van der Waals surface area contributed by atoms with Gasteiger partial charge in [-0.25, -0.2) is 14.2 Å². The molecule has 0 fully saturated rings. The number of anilines is 1. The first-order valence-corrected chi connectivity index (χ1v) is 11.0. The molecule has 2 N–H and O–H groups in total. The van der Waals surface area contributed by atoms with Crippen LogP contribution in [0, 0.1) is 12.7 Å². The number of alkyl halides is 3. The molecule has 11 nitrogen and oxygen atoms in total. The van der Waals surface area contributed by atoms with Crippen LogP contribution >= 0.6 is 11.6 Å². The van der Waals surface area contributed by atoms with Gasteiger partial charge in [0.25, 0.3) is 5.91 Å². The third-order valence-corrected chi connectivity index (χ3v) is 5.47. The van der Waals surface area contributed by atoms with Gasteiger partial charge in [-0.1, -0.05) is 11.6 Å². The van der Waals surface area contributed by atoms with Crippen molar-refractivity contribution in [3.63, 3.8) is 0 Å². The largest absolute Gasteiger partial charge is 0.480 e. The van der Waals surface area contributed by atoms with Gasteiger partial charge in [0.2, 0.25) is 11.8 Å². The second kappa shape index (κ2) is 10.7. The van der Waals surface area contributed by atoms with Crippen LogP contribution in [0.2, 0.25) is 5.02 Å². The molecule has 1 amide bonds. The Bertz CT molecular complexity index is 1390. The normalized spacial score (nSPS) is 12.4. The van der Waals surface area contributed by atoms with Crippen LogP contribution in [0.25, 0.3) is 5.82 Å². The van der Waals surface area contributed by atoms with E-state index in [-0.39, 0.29) is 29.0 Å². The molecule has 1 atom stereocenters. The van der Waals surface area contributed by atoms with Crippen molar-refractivity contribution in [1.82, 2.24) is 24.3 Å². The van der Waals surface area contributed by atoms with Crippen LogP contribution in [0.1, 0.15) is 35.6 Å². The molecule has 0 saturated carbocycles. The molecule has 0 radical (unpaired) electrons. The number of halogens is 5. The number of rotatable bonds is 8. The SMILES string of the molecule is CCn1c(CO)nn(-c2nc(O[C@@H](C)C(F)(F)F)c(C(=O)Nc3c(C)cnc(OC)c3Cl)cc2F)c1=O. The number of pyridine rings is 2. The second-order valence-corrected chi connectivity index (χ2v) is 7.93. The van der Waals surface area contributed by atoms with Crippen LogP contribution < -0.4 is 20.5 Å². The maximum atomic E-state index is 15.1. The molecule has 0 unspecified atom stereocenters. The lowest BCUT2D eigenvalue weighted by Gasteiger charge is -2.20. The number of aromatic nitrogens is 5. The standard InChI is InChI=1S/C21H21ClF4N6O5/c1-5-31-13(8-33)30-32(20(31)35)16-12(23)6-11(18(29-16)37-10(3)21(24,25)26)17(34)28-15-9(2)7-27-19(36-4)14(15)22/h6-7,10,33H,5,8H2,1-4H3,(H,27,28,34)/t10-/m0/s1. The average Bonchev–Trinajstić information content (AvgIpc) is 3.16. The van der Waals surface area contributed by atoms with Crippen LogP contribution in [-0.2, 0) is 13.2 Å². The lowest BCUT2D eigenvalue weighted by molar-refractivity contribution is -0.190. The van der Waals surface area contributed by atoms with Crippen LogP contribution in [0.5, 0.6) is 11.8 Å². The number of ether oxygens (including phenoxy) is 2. The van der Waals surface area contributed by atoms with E-state index in [1.165, 1.54) is 20.2 Å². The summed E-state index contributed by atoms with van der Waals surface area (Å²) in [7, 11) is 1.28. The predicted molar refractivity (Wildman–Crippen MR) is 122 cm³/mol. The van der Waals surface area contributed by atoms with Gasteiger partial charge in [0, 0.05) is 12.7 Å². The number of amides is 1. The van der Waals surface area contributed by atoms with Crippen molar-refractivity contribution >= 4 is 23.2 Å². The summed E-state index contributed by atoms with van der Waals surface area (Å²) in [4.78, 5) is 33.3. The highest BCUT2D eigenvalue weighted by molar-refractivity contribution is 6.35. The number of carbonyl (C=O) groups excluding carboxylic acids is 1. The molecular weight excluding hydrogens is 528 g/mol. The minimum absolute atomic E-state index is 0.00307. The summed E-state index contributed by atoms with van der Waals surface area (Å²) in [6.07, 6.45) is -6.01. The van der Waals surface area contributed by atoms with E-state index in [4.69, 9.17) is 21.1 Å². The Morgan fingerprint density at radius 2 is 2.00 bits per heavy atom. The highest BCUT2D eigenvalue weighted by atomic mass is 35.5. The maximum absolute atomic E-state index is 15.1. The molecule has 0 aliphatic carbocycles. The predicted octanol–water partition coefficient (Wildman–Crippen LogP) is 3.03. The first-order valence-electron chi connectivity index (χ1n) is 10.6. The van der Waals surface area contributed by atoms with E-state index in [1.807, 2.05) is 0 Å². The number of nitrogens with zero attached hydrogens (tertiary/aromatic N) is 5. The number of aliphatic hydroxyl groups is 1. The zero-order chi connectivity index (χ0) is 27.7. The topological polar surface area (TPSA) is 133 Å². The Labute approximate surface area is 211 Å². The lowest BCUT2D eigenvalue weighted by Crippen LogP contribution is -2.33. The Hall–Kier alpha value is -3.72. The fourth-order valence-electron chi connectivity index (χ4n) is 3.14. The Morgan fingerprint density at radius 1 is 1.32 bits per heavy atom. The molecule has 0 aliphatic heterocycles. The average molecular weight is 549 g/mol. The molecular formula is C21H21ClF4N6O5. The molecule has 0 saturated heterocycles. The lowest BCUT2D eigenvalue weighted by atomic mass is 10.2. The zero-order valence-electron chi connectivity index (χ0n) is 19.9. The molecule has 0 aliphatic rings. The Balaban J connectivity index is 2.16. The Kier molecular flexibility index (Phi) is 8.07. The maximum Gasteiger partial charge on any atom is 0.425 e. The van der Waals surface area contributed by atoms with E-state index in [1.54, 1.807) is 6.92 Å². The molecule has 200 valence electrons. The van der Waals surface area contributed by atoms with Crippen LogP contribution in [0.15, 0.2) is 17.1 Å². The number of nitrogens with one attached hydrogen (secondary N) is 1. The molecule has 37 heavy (non-hydrogen) atoms.